The van der Waals surface area contributed by atoms with Crippen molar-refractivity contribution in [1.29, 1.82) is 0 Å². The fraction of sp³-hybridized carbons (Fsp3) is 0.167. The largest absolute Gasteiger partial charge is 0.507 e. The zero-order valence-electron chi connectivity index (χ0n) is 20.3. The molecule has 7 heteroatoms. The number of likely N-dealkylation sites (N-methyl/N-ethyl adjacent to an activating group) is 1. The van der Waals surface area contributed by atoms with Gasteiger partial charge in [-0.25, -0.2) is 0 Å². The van der Waals surface area contributed by atoms with Crippen LogP contribution in [-0.2, 0) is 29.0 Å². The number of benzene rings is 4. The predicted molar refractivity (Wildman–Crippen MR) is 146 cm³/mol. The SMILES string of the molecule is CN(Cc1cccc(-c2ccc(CC3SC(=O)NC3=O)cc2)c1)C(=O)Cc1ccc2ccccc2c1O. The highest BCUT2D eigenvalue weighted by molar-refractivity contribution is 8.15. The molecule has 0 spiro atoms. The molecule has 5 rings (SSSR count). The number of nitrogens with one attached hydrogen (secondary N) is 1. The fourth-order valence-corrected chi connectivity index (χ4v) is 5.39. The molecule has 0 aliphatic carbocycles. The van der Waals surface area contributed by atoms with Gasteiger partial charge in [0.1, 0.15) is 5.75 Å². The van der Waals surface area contributed by atoms with Crippen LogP contribution in [0.3, 0.4) is 0 Å². The molecule has 0 aromatic heterocycles. The molecule has 4 aromatic carbocycles. The first-order chi connectivity index (χ1) is 17.9. The Morgan fingerprint density at radius 2 is 1.70 bits per heavy atom. The summed E-state index contributed by atoms with van der Waals surface area (Å²) in [5.74, 6) is -0.155. The maximum atomic E-state index is 12.9. The summed E-state index contributed by atoms with van der Waals surface area (Å²) in [4.78, 5) is 37.8. The zero-order valence-corrected chi connectivity index (χ0v) is 21.1. The lowest BCUT2D eigenvalue weighted by Gasteiger charge is -2.18. The standard InChI is InChI=1S/C30H26N2O4S/c1-32(27(33)17-24-14-13-22-6-2-3-8-25(22)28(24)34)18-20-5-4-7-23(15-20)21-11-9-19(10-12-21)16-26-29(35)31-30(36)37-26/h2-15,26,34H,16-18H2,1H3,(H,31,35,36). The summed E-state index contributed by atoms with van der Waals surface area (Å²) in [5, 5.41) is 14.0. The minimum Gasteiger partial charge on any atom is -0.507 e. The van der Waals surface area contributed by atoms with Crippen LogP contribution in [0.2, 0.25) is 0 Å². The van der Waals surface area contributed by atoms with Crippen LogP contribution in [0.25, 0.3) is 21.9 Å². The molecule has 1 fully saturated rings. The number of amides is 3. The van der Waals surface area contributed by atoms with Crippen LogP contribution in [0.15, 0.2) is 84.9 Å². The maximum absolute atomic E-state index is 12.9. The normalized spacial score (nSPS) is 15.1. The van der Waals surface area contributed by atoms with E-state index in [1.54, 1.807) is 11.9 Å². The summed E-state index contributed by atoms with van der Waals surface area (Å²) in [7, 11) is 1.77. The molecule has 37 heavy (non-hydrogen) atoms. The van der Waals surface area contributed by atoms with Crippen LogP contribution in [0.5, 0.6) is 5.75 Å². The van der Waals surface area contributed by atoms with E-state index < -0.39 is 0 Å². The molecule has 6 nitrogen and oxygen atoms in total. The van der Waals surface area contributed by atoms with Crippen molar-refractivity contribution in [1.82, 2.24) is 10.2 Å². The molecule has 3 amide bonds. The van der Waals surface area contributed by atoms with Gasteiger partial charge in [0, 0.05) is 24.5 Å². The number of fused-ring (bicyclic) bond motifs is 1. The van der Waals surface area contributed by atoms with Crippen LogP contribution < -0.4 is 5.32 Å². The number of aromatic hydroxyl groups is 1. The summed E-state index contributed by atoms with van der Waals surface area (Å²) in [6.45, 7) is 0.446. The lowest BCUT2D eigenvalue weighted by atomic mass is 10.00. The first-order valence-electron chi connectivity index (χ1n) is 12.0. The molecule has 4 aromatic rings. The van der Waals surface area contributed by atoms with E-state index in [2.05, 4.69) is 11.4 Å². The Hall–Kier alpha value is -4.10. The lowest BCUT2D eigenvalue weighted by molar-refractivity contribution is -0.129. The second-order valence-corrected chi connectivity index (χ2v) is 10.4. The quantitative estimate of drug-likeness (QED) is 0.352. The van der Waals surface area contributed by atoms with E-state index in [0.717, 1.165) is 44.8 Å². The number of carbonyl (C=O) groups excluding carboxylic acids is 3. The monoisotopic (exact) mass is 510 g/mol. The van der Waals surface area contributed by atoms with Crippen molar-refractivity contribution >= 4 is 39.6 Å². The minimum atomic E-state index is -0.383. The van der Waals surface area contributed by atoms with Crippen molar-refractivity contribution in [3.63, 3.8) is 0 Å². The van der Waals surface area contributed by atoms with E-state index in [9.17, 15) is 19.5 Å². The number of hydrogen-bond donors (Lipinski definition) is 2. The Morgan fingerprint density at radius 3 is 2.46 bits per heavy atom. The first kappa shape index (κ1) is 24.6. The Morgan fingerprint density at radius 1 is 0.919 bits per heavy atom. The van der Waals surface area contributed by atoms with Crippen LogP contribution >= 0.6 is 11.8 Å². The Balaban J connectivity index is 1.24. The van der Waals surface area contributed by atoms with E-state index in [1.807, 2.05) is 78.9 Å². The van der Waals surface area contributed by atoms with Gasteiger partial charge in [-0.15, -0.1) is 0 Å². The number of rotatable bonds is 7. The van der Waals surface area contributed by atoms with E-state index in [-0.39, 0.29) is 34.5 Å². The summed E-state index contributed by atoms with van der Waals surface area (Å²) >= 11 is 1.03. The molecule has 1 saturated heterocycles. The molecule has 1 aliphatic heterocycles. The maximum Gasteiger partial charge on any atom is 0.286 e. The van der Waals surface area contributed by atoms with E-state index in [4.69, 9.17) is 0 Å². The van der Waals surface area contributed by atoms with E-state index in [1.165, 1.54) is 0 Å². The van der Waals surface area contributed by atoms with Gasteiger partial charge < -0.3 is 10.0 Å². The fourth-order valence-electron chi connectivity index (χ4n) is 4.53. The molecule has 186 valence electrons. The van der Waals surface area contributed by atoms with Crippen LogP contribution in [0, 0.1) is 0 Å². The summed E-state index contributed by atoms with van der Waals surface area (Å²) in [6.07, 6.45) is 0.624. The van der Waals surface area contributed by atoms with Gasteiger partial charge in [-0.3, -0.25) is 19.7 Å². The second-order valence-electron chi connectivity index (χ2n) is 9.21. The third kappa shape index (κ3) is 5.52. The molecular weight excluding hydrogens is 484 g/mol. The molecule has 1 unspecified atom stereocenters. The average Bonchev–Trinajstić information content (AvgIpc) is 3.22. The van der Waals surface area contributed by atoms with Crippen LogP contribution in [0.1, 0.15) is 16.7 Å². The zero-order chi connectivity index (χ0) is 25.9. The van der Waals surface area contributed by atoms with E-state index >= 15 is 0 Å². The number of thioether (sulfide) groups is 1. The molecule has 2 N–H and O–H groups in total. The Bertz CT molecular complexity index is 1500. The number of phenolic OH excluding ortho intramolecular Hbond substituents is 1. The molecule has 1 heterocycles. The van der Waals surface area contributed by atoms with Gasteiger partial charge in [0.05, 0.1) is 11.7 Å². The van der Waals surface area contributed by atoms with Crippen molar-refractivity contribution in [2.24, 2.45) is 0 Å². The predicted octanol–water partition coefficient (Wildman–Crippen LogP) is 5.31. The molecule has 0 saturated carbocycles. The summed E-state index contributed by atoms with van der Waals surface area (Å²) < 4.78 is 0. The van der Waals surface area contributed by atoms with Crippen LogP contribution in [-0.4, -0.2) is 39.4 Å². The van der Waals surface area contributed by atoms with E-state index in [0.29, 0.717) is 18.5 Å². The molecule has 1 atom stereocenters. The number of imide groups is 1. The Kier molecular flexibility index (Phi) is 6.97. The van der Waals surface area contributed by atoms with Crippen molar-refractivity contribution in [2.75, 3.05) is 7.05 Å². The average molecular weight is 511 g/mol. The number of phenols is 1. The third-order valence-corrected chi connectivity index (χ3v) is 7.56. The van der Waals surface area contributed by atoms with Gasteiger partial charge in [-0.1, -0.05) is 90.6 Å². The highest BCUT2D eigenvalue weighted by Crippen LogP contribution is 2.29. The molecule has 0 radical (unpaired) electrons. The first-order valence-corrected chi connectivity index (χ1v) is 12.9. The van der Waals surface area contributed by atoms with Gasteiger partial charge in [-0.2, -0.15) is 0 Å². The van der Waals surface area contributed by atoms with Gasteiger partial charge in [0.2, 0.25) is 11.8 Å². The molecule has 0 bridgehead atoms. The number of nitrogens with zero attached hydrogens (tertiary/aromatic N) is 1. The topological polar surface area (TPSA) is 86.7 Å². The molecule has 1 aliphatic rings. The van der Waals surface area contributed by atoms with Crippen molar-refractivity contribution in [3.05, 3.63) is 102 Å². The van der Waals surface area contributed by atoms with Gasteiger partial charge in [0.15, 0.2) is 0 Å². The van der Waals surface area contributed by atoms with Crippen molar-refractivity contribution in [3.8, 4) is 16.9 Å². The van der Waals surface area contributed by atoms with Crippen LogP contribution in [0.4, 0.5) is 4.79 Å². The van der Waals surface area contributed by atoms with Crippen molar-refractivity contribution in [2.45, 2.75) is 24.6 Å². The smallest absolute Gasteiger partial charge is 0.286 e. The summed E-state index contributed by atoms with van der Waals surface area (Å²) in [5.41, 5.74) is 4.66. The number of carbonyl (C=O) groups is 3. The highest BCUT2D eigenvalue weighted by Gasteiger charge is 2.31. The molecular formula is C30H26N2O4S. The van der Waals surface area contributed by atoms with Gasteiger partial charge in [-0.05, 0) is 40.1 Å². The lowest BCUT2D eigenvalue weighted by Crippen LogP contribution is -2.27. The summed E-state index contributed by atoms with van der Waals surface area (Å²) in [6, 6.07) is 27.3. The van der Waals surface area contributed by atoms with Crippen molar-refractivity contribution < 1.29 is 19.5 Å². The third-order valence-electron chi connectivity index (χ3n) is 6.57. The Labute approximate surface area is 219 Å². The highest BCUT2D eigenvalue weighted by atomic mass is 32.2. The number of hydrogen-bond acceptors (Lipinski definition) is 5. The van der Waals surface area contributed by atoms with Gasteiger partial charge >= 0.3 is 0 Å². The minimum absolute atomic E-state index is 0.0763. The van der Waals surface area contributed by atoms with Gasteiger partial charge in [0.25, 0.3) is 5.24 Å². The second kappa shape index (κ2) is 10.5.